The number of nitrogens with one attached hydrogen (secondary N) is 1. The van der Waals surface area contributed by atoms with E-state index >= 15 is 0 Å². The minimum absolute atomic E-state index is 0.0400. The van der Waals surface area contributed by atoms with Crippen molar-refractivity contribution in [1.29, 1.82) is 0 Å². The number of amides is 1. The number of carbonyl (C=O) groups excluding carboxylic acids is 1. The molecule has 1 aliphatic carbocycles. The van der Waals surface area contributed by atoms with Crippen LogP contribution in [0, 0.1) is 0 Å². The Hall–Kier alpha value is -0.440. The lowest BCUT2D eigenvalue weighted by Crippen LogP contribution is -2.31. The summed E-state index contributed by atoms with van der Waals surface area (Å²) in [5.74, 6) is -0.0400. The molecule has 3 heteroatoms. The van der Waals surface area contributed by atoms with E-state index in [4.69, 9.17) is 0 Å². The summed E-state index contributed by atoms with van der Waals surface area (Å²) in [4.78, 5) is 10.9. The molecular formula is C9H15NOS. The van der Waals surface area contributed by atoms with Gasteiger partial charge in [-0.3, -0.25) is 4.79 Å². The van der Waals surface area contributed by atoms with E-state index < -0.39 is 0 Å². The molecule has 0 aromatic rings. The second-order valence-electron chi connectivity index (χ2n) is 3.08. The van der Waals surface area contributed by atoms with E-state index in [-0.39, 0.29) is 5.91 Å². The number of thioether (sulfide) groups is 1. The Morgan fingerprint density at radius 3 is 2.92 bits per heavy atom. The Labute approximate surface area is 77.8 Å². The Kier molecular flexibility index (Phi) is 3.66. The van der Waals surface area contributed by atoms with Gasteiger partial charge in [0.05, 0.1) is 0 Å². The molecule has 2 nitrogen and oxygen atoms in total. The van der Waals surface area contributed by atoms with Crippen LogP contribution in [0.5, 0.6) is 0 Å². The third kappa shape index (κ3) is 2.55. The highest BCUT2D eigenvalue weighted by atomic mass is 32.2. The molecule has 1 saturated carbocycles. The Morgan fingerprint density at radius 2 is 2.42 bits per heavy atom. The van der Waals surface area contributed by atoms with Crippen molar-refractivity contribution < 1.29 is 4.79 Å². The fourth-order valence-electron chi connectivity index (χ4n) is 1.55. The summed E-state index contributed by atoms with van der Waals surface area (Å²) in [6, 6.07) is 0.382. The SMILES string of the molecule is C=CC(=O)NC1CCC(SC)C1. The molecule has 0 saturated heterocycles. The van der Waals surface area contributed by atoms with Crippen LogP contribution in [0.2, 0.25) is 0 Å². The highest BCUT2D eigenvalue weighted by Gasteiger charge is 2.24. The Bertz CT molecular complexity index is 181. The van der Waals surface area contributed by atoms with Gasteiger partial charge in [-0.05, 0) is 31.6 Å². The van der Waals surface area contributed by atoms with Crippen molar-refractivity contribution in [2.45, 2.75) is 30.6 Å². The largest absolute Gasteiger partial charge is 0.350 e. The molecule has 0 aromatic carbocycles. The minimum atomic E-state index is -0.0400. The molecule has 0 heterocycles. The van der Waals surface area contributed by atoms with Crippen LogP contribution >= 0.6 is 11.8 Å². The van der Waals surface area contributed by atoms with E-state index in [0.717, 1.165) is 18.1 Å². The minimum Gasteiger partial charge on any atom is -0.350 e. The van der Waals surface area contributed by atoms with Crippen molar-refractivity contribution in [3.8, 4) is 0 Å². The molecule has 2 atom stereocenters. The van der Waals surface area contributed by atoms with Crippen LogP contribution in [-0.2, 0) is 4.79 Å². The summed E-state index contributed by atoms with van der Waals surface area (Å²) in [6.07, 6.45) is 6.92. The first kappa shape index (κ1) is 9.65. The smallest absolute Gasteiger partial charge is 0.243 e. The van der Waals surface area contributed by atoms with E-state index in [2.05, 4.69) is 18.2 Å². The number of hydrogen-bond acceptors (Lipinski definition) is 2. The molecule has 1 amide bonds. The summed E-state index contributed by atoms with van der Waals surface area (Å²) in [5.41, 5.74) is 0. The maximum atomic E-state index is 10.9. The van der Waals surface area contributed by atoms with Crippen LogP contribution in [0.25, 0.3) is 0 Å². The van der Waals surface area contributed by atoms with Gasteiger partial charge in [0.1, 0.15) is 0 Å². The normalized spacial score (nSPS) is 28.4. The van der Waals surface area contributed by atoms with Crippen LogP contribution < -0.4 is 5.32 Å². The number of carbonyl (C=O) groups is 1. The summed E-state index contributed by atoms with van der Waals surface area (Å²) in [7, 11) is 0. The first-order valence-corrected chi connectivity index (χ1v) is 5.50. The summed E-state index contributed by atoms with van der Waals surface area (Å²) >= 11 is 1.89. The lowest BCUT2D eigenvalue weighted by Gasteiger charge is -2.10. The van der Waals surface area contributed by atoms with E-state index in [1.807, 2.05) is 11.8 Å². The van der Waals surface area contributed by atoms with Crippen LogP contribution in [0.4, 0.5) is 0 Å². The van der Waals surface area contributed by atoms with Crippen molar-refractivity contribution in [2.75, 3.05) is 6.26 Å². The highest BCUT2D eigenvalue weighted by molar-refractivity contribution is 7.99. The van der Waals surface area contributed by atoms with Gasteiger partial charge in [-0.15, -0.1) is 0 Å². The average Bonchev–Trinajstić information content (AvgIpc) is 2.52. The van der Waals surface area contributed by atoms with Gasteiger partial charge in [0, 0.05) is 11.3 Å². The molecule has 68 valence electrons. The second-order valence-corrected chi connectivity index (χ2v) is 4.22. The van der Waals surface area contributed by atoms with Crippen molar-refractivity contribution in [1.82, 2.24) is 5.32 Å². The third-order valence-corrected chi connectivity index (χ3v) is 3.34. The average molecular weight is 185 g/mol. The zero-order valence-corrected chi connectivity index (χ0v) is 8.19. The van der Waals surface area contributed by atoms with E-state index in [9.17, 15) is 4.79 Å². The quantitative estimate of drug-likeness (QED) is 0.676. The third-order valence-electron chi connectivity index (χ3n) is 2.25. The maximum Gasteiger partial charge on any atom is 0.243 e. The van der Waals surface area contributed by atoms with Crippen LogP contribution in [0.1, 0.15) is 19.3 Å². The van der Waals surface area contributed by atoms with E-state index in [0.29, 0.717) is 6.04 Å². The molecule has 0 spiro atoms. The molecule has 0 aromatic heterocycles. The molecule has 1 aliphatic rings. The lowest BCUT2D eigenvalue weighted by molar-refractivity contribution is -0.117. The van der Waals surface area contributed by atoms with Crippen molar-refractivity contribution in [3.05, 3.63) is 12.7 Å². The van der Waals surface area contributed by atoms with E-state index in [1.54, 1.807) is 0 Å². The monoisotopic (exact) mass is 185 g/mol. The predicted octanol–water partition coefficient (Wildman–Crippen LogP) is 1.57. The van der Waals surface area contributed by atoms with Gasteiger partial charge in [-0.1, -0.05) is 6.58 Å². The van der Waals surface area contributed by atoms with Crippen LogP contribution in [0.15, 0.2) is 12.7 Å². The van der Waals surface area contributed by atoms with Crippen molar-refractivity contribution in [2.24, 2.45) is 0 Å². The zero-order valence-electron chi connectivity index (χ0n) is 7.38. The molecule has 0 radical (unpaired) electrons. The molecule has 0 aliphatic heterocycles. The number of rotatable bonds is 3. The second kappa shape index (κ2) is 4.55. The van der Waals surface area contributed by atoms with Gasteiger partial charge in [0.25, 0.3) is 0 Å². The maximum absolute atomic E-state index is 10.9. The predicted molar refractivity (Wildman–Crippen MR) is 53.3 cm³/mol. The van der Waals surface area contributed by atoms with Crippen LogP contribution in [-0.4, -0.2) is 23.5 Å². The van der Waals surface area contributed by atoms with Crippen LogP contribution in [0.3, 0.4) is 0 Å². The molecule has 12 heavy (non-hydrogen) atoms. The molecular weight excluding hydrogens is 170 g/mol. The fraction of sp³-hybridized carbons (Fsp3) is 0.667. The van der Waals surface area contributed by atoms with Gasteiger partial charge in [0.2, 0.25) is 5.91 Å². The van der Waals surface area contributed by atoms with Gasteiger partial charge in [-0.25, -0.2) is 0 Å². The summed E-state index contributed by atoms with van der Waals surface area (Å²) in [6.45, 7) is 3.42. The first-order chi connectivity index (χ1) is 5.76. The van der Waals surface area contributed by atoms with E-state index in [1.165, 1.54) is 12.5 Å². The van der Waals surface area contributed by atoms with Crippen molar-refractivity contribution >= 4 is 17.7 Å². The standard InChI is InChI=1S/C9H15NOS/c1-3-9(11)10-7-4-5-8(6-7)12-2/h3,7-8H,1,4-6H2,2H3,(H,10,11). The fourth-order valence-corrected chi connectivity index (χ4v) is 2.34. The van der Waals surface area contributed by atoms with Gasteiger partial charge >= 0.3 is 0 Å². The molecule has 1 N–H and O–H groups in total. The molecule has 2 unspecified atom stereocenters. The summed E-state index contributed by atoms with van der Waals surface area (Å²) < 4.78 is 0. The molecule has 0 bridgehead atoms. The summed E-state index contributed by atoms with van der Waals surface area (Å²) in [5, 5.41) is 3.66. The highest BCUT2D eigenvalue weighted by Crippen LogP contribution is 2.27. The van der Waals surface area contributed by atoms with Crippen molar-refractivity contribution in [3.63, 3.8) is 0 Å². The Morgan fingerprint density at radius 1 is 1.67 bits per heavy atom. The molecule has 1 fully saturated rings. The van der Waals surface area contributed by atoms with Gasteiger partial charge in [0.15, 0.2) is 0 Å². The number of hydrogen-bond donors (Lipinski definition) is 1. The zero-order chi connectivity index (χ0) is 8.97. The van der Waals surface area contributed by atoms with Gasteiger partial charge in [-0.2, -0.15) is 11.8 Å². The lowest BCUT2D eigenvalue weighted by atomic mass is 10.2. The first-order valence-electron chi connectivity index (χ1n) is 4.22. The van der Waals surface area contributed by atoms with Gasteiger partial charge < -0.3 is 5.32 Å². The molecule has 1 rings (SSSR count). The Balaban J connectivity index is 2.27. The topological polar surface area (TPSA) is 29.1 Å².